The zero-order chi connectivity index (χ0) is 14.8. The van der Waals surface area contributed by atoms with Gasteiger partial charge in [0.15, 0.2) is 0 Å². The van der Waals surface area contributed by atoms with Gasteiger partial charge < -0.3 is 9.84 Å². The average molecular weight is 346 g/mol. The number of pyridine rings is 1. The fourth-order valence-electron chi connectivity index (χ4n) is 1.81. The summed E-state index contributed by atoms with van der Waals surface area (Å²) in [6, 6.07) is 6.34. The molecule has 3 aromatic rings. The maximum atomic E-state index is 11.0. The first-order valence-corrected chi connectivity index (χ1v) is 6.69. The van der Waals surface area contributed by atoms with E-state index in [4.69, 9.17) is 9.84 Å². The third-order valence-electron chi connectivity index (χ3n) is 2.74. The van der Waals surface area contributed by atoms with Gasteiger partial charge in [-0.2, -0.15) is 0 Å². The summed E-state index contributed by atoms with van der Waals surface area (Å²) in [5, 5.41) is 9.62. The van der Waals surface area contributed by atoms with E-state index in [1.54, 1.807) is 24.5 Å². The quantitative estimate of drug-likeness (QED) is 0.783. The number of aromatic nitrogens is 3. The minimum Gasteiger partial charge on any atom is -0.478 e. The Bertz CT molecular complexity index is 839. The van der Waals surface area contributed by atoms with E-state index < -0.39 is 5.97 Å². The summed E-state index contributed by atoms with van der Waals surface area (Å²) in [5.41, 5.74) is 0.666. The molecule has 1 N–H and O–H groups in total. The Labute approximate surface area is 127 Å². The summed E-state index contributed by atoms with van der Waals surface area (Å²) in [6.07, 6.45) is 4.53. The van der Waals surface area contributed by atoms with Crippen LogP contribution in [-0.2, 0) is 0 Å². The van der Waals surface area contributed by atoms with Crippen LogP contribution in [0.25, 0.3) is 10.9 Å². The smallest absolute Gasteiger partial charge is 0.335 e. The molecule has 0 spiro atoms. The standard InChI is InChI=1S/C14H8BrN3O3/c15-9-4-10(6-16-5-9)21-13-11-2-1-8(14(19)20)3-12(11)17-7-18-13/h1-7H,(H,19,20). The molecular formula is C14H8BrN3O3. The minimum absolute atomic E-state index is 0.163. The fourth-order valence-corrected chi connectivity index (χ4v) is 2.15. The highest BCUT2D eigenvalue weighted by molar-refractivity contribution is 9.10. The third-order valence-corrected chi connectivity index (χ3v) is 3.17. The molecule has 2 heterocycles. The molecule has 1 aromatic carbocycles. The summed E-state index contributed by atoms with van der Waals surface area (Å²) in [7, 11) is 0. The Hall–Kier alpha value is -2.54. The zero-order valence-electron chi connectivity index (χ0n) is 10.5. The first kappa shape index (κ1) is 13.4. The lowest BCUT2D eigenvalue weighted by Gasteiger charge is -2.07. The molecule has 0 aliphatic carbocycles. The van der Waals surface area contributed by atoms with E-state index in [1.165, 1.54) is 18.5 Å². The lowest BCUT2D eigenvalue weighted by Crippen LogP contribution is -1.97. The highest BCUT2D eigenvalue weighted by Crippen LogP contribution is 2.27. The van der Waals surface area contributed by atoms with Crippen molar-refractivity contribution in [2.45, 2.75) is 0 Å². The SMILES string of the molecule is O=C(O)c1ccc2c(Oc3cncc(Br)c3)ncnc2c1. The molecule has 6 nitrogen and oxygen atoms in total. The van der Waals surface area contributed by atoms with Crippen molar-refractivity contribution in [1.29, 1.82) is 0 Å². The molecule has 0 atom stereocenters. The Morgan fingerprint density at radius 2 is 2.05 bits per heavy atom. The van der Waals surface area contributed by atoms with Gasteiger partial charge in [-0.1, -0.05) is 0 Å². The van der Waals surface area contributed by atoms with Crippen molar-refractivity contribution in [2.24, 2.45) is 0 Å². The highest BCUT2D eigenvalue weighted by Gasteiger charge is 2.10. The van der Waals surface area contributed by atoms with Crippen molar-refractivity contribution in [3.05, 3.63) is 53.0 Å². The maximum Gasteiger partial charge on any atom is 0.335 e. The van der Waals surface area contributed by atoms with Crippen LogP contribution in [0.3, 0.4) is 0 Å². The van der Waals surface area contributed by atoms with Gasteiger partial charge in [-0.25, -0.2) is 14.8 Å². The maximum absolute atomic E-state index is 11.0. The summed E-state index contributed by atoms with van der Waals surface area (Å²) < 4.78 is 6.47. The number of aromatic carboxylic acids is 1. The van der Waals surface area contributed by atoms with Gasteiger partial charge in [0.2, 0.25) is 5.88 Å². The van der Waals surface area contributed by atoms with E-state index in [9.17, 15) is 4.79 Å². The van der Waals surface area contributed by atoms with Crippen LogP contribution in [0, 0.1) is 0 Å². The largest absolute Gasteiger partial charge is 0.478 e. The molecule has 7 heteroatoms. The molecule has 0 aliphatic rings. The summed E-state index contributed by atoms with van der Waals surface area (Å²) in [6.45, 7) is 0. The number of fused-ring (bicyclic) bond motifs is 1. The number of benzene rings is 1. The van der Waals surface area contributed by atoms with Gasteiger partial charge in [0.05, 0.1) is 22.7 Å². The monoisotopic (exact) mass is 345 g/mol. The molecule has 0 aliphatic heterocycles. The third kappa shape index (κ3) is 2.82. The molecule has 0 unspecified atom stereocenters. The molecule has 0 bridgehead atoms. The van der Waals surface area contributed by atoms with Gasteiger partial charge in [-0.15, -0.1) is 0 Å². The predicted molar refractivity (Wildman–Crippen MR) is 78.5 cm³/mol. The summed E-state index contributed by atoms with van der Waals surface area (Å²) in [4.78, 5) is 23.1. The fraction of sp³-hybridized carbons (Fsp3) is 0. The van der Waals surface area contributed by atoms with Crippen molar-refractivity contribution in [3.63, 3.8) is 0 Å². The van der Waals surface area contributed by atoms with Crippen molar-refractivity contribution >= 4 is 32.8 Å². The van der Waals surface area contributed by atoms with Gasteiger partial charge in [0, 0.05) is 10.7 Å². The van der Waals surface area contributed by atoms with Crippen LogP contribution >= 0.6 is 15.9 Å². The van der Waals surface area contributed by atoms with Crippen LogP contribution in [0.2, 0.25) is 0 Å². The number of hydrogen-bond donors (Lipinski definition) is 1. The van der Waals surface area contributed by atoms with Gasteiger partial charge >= 0.3 is 5.97 Å². The van der Waals surface area contributed by atoms with Crippen LogP contribution in [-0.4, -0.2) is 26.0 Å². The van der Waals surface area contributed by atoms with Crippen LogP contribution < -0.4 is 4.74 Å². The second kappa shape index (κ2) is 5.45. The van der Waals surface area contributed by atoms with E-state index in [2.05, 4.69) is 30.9 Å². The van der Waals surface area contributed by atoms with Crippen molar-refractivity contribution < 1.29 is 14.6 Å². The number of carboxylic acid groups (broad SMARTS) is 1. The number of nitrogens with zero attached hydrogens (tertiary/aromatic N) is 3. The van der Waals surface area contributed by atoms with Crippen LogP contribution in [0.1, 0.15) is 10.4 Å². The number of ether oxygens (including phenoxy) is 1. The van der Waals surface area contributed by atoms with E-state index in [-0.39, 0.29) is 5.56 Å². The molecule has 0 amide bonds. The van der Waals surface area contributed by atoms with Crippen LogP contribution in [0.5, 0.6) is 11.6 Å². The second-order valence-corrected chi connectivity index (χ2v) is 5.07. The lowest BCUT2D eigenvalue weighted by atomic mass is 10.1. The number of halogens is 1. The first-order valence-electron chi connectivity index (χ1n) is 5.90. The van der Waals surface area contributed by atoms with Crippen LogP contribution in [0.4, 0.5) is 0 Å². The van der Waals surface area contributed by atoms with E-state index in [1.807, 2.05) is 0 Å². The highest BCUT2D eigenvalue weighted by atomic mass is 79.9. The molecular weight excluding hydrogens is 338 g/mol. The molecule has 0 radical (unpaired) electrons. The lowest BCUT2D eigenvalue weighted by molar-refractivity contribution is 0.0697. The molecule has 104 valence electrons. The molecule has 2 aromatic heterocycles. The summed E-state index contributed by atoms with van der Waals surface area (Å²) >= 11 is 3.31. The van der Waals surface area contributed by atoms with Gasteiger partial charge in [-0.3, -0.25) is 4.98 Å². The number of carboxylic acids is 1. The molecule has 0 fully saturated rings. The van der Waals surface area contributed by atoms with Crippen molar-refractivity contribution in [1.82, 2.24) is 15.0 Å². The van der Waals surface area contributed by atoms with E-state index in [0.717, 1.165) is 4.47 Å². The normalized spacial score (nSPS) is 10.5. The van der Waals surface area contributed by atoms with Gasteiger partial charge in [-0.05, 0) is 40.2 Å². The Morgan fingerprint density at radius 3 is 2.81 bits per heavy atom. The molecule has 3 rings (SSSR count). The zero-order valence-corrected chi connectivity index (χ0v) is 12.1. The number of hydrogen-bond acceptors (Lipinski definition) is 5. The average Bonchev–Trinajstić information content (AvgIpc) is 2.47. The Kier molecular flexibility index (Phi) is 3.49. The number of rotatable bonds is 3. The van der Waals surface area contributed by atoms with E-state index in [0.29, 0.717) is 22.5 Å². The second-order valence-electron chi connectivity index (χ2n) is 4.16. The van der Waals surface area contributed by atoms with Crippen molar-refractivity contribution in [3.8, 4) is 11.6 Å². The van der Waals surface area contributed by atoms with Crippen LogP contribution in [0.15, 0.2) is 47.5 Å². The van der Waals surface area contributed by atoms with E-state index >= 15 is 0 Å². The van der Waals surface area contributed by atoms with Crippen molar-refractivity contribution in [2.75, 3.05) is 0 Å². The Balaban J connectivity index is 2.05. The molecule has 0 saturated carbocycles. The van der Waals surface area contributed by atoms with Gasteiger partial charge in [0.25, 0.3) is 0 Å². The Morgan fingerprint density at radius 1 is 1.19 bits per heavy atom. The number of carbonyl (C=O) groups is 1. The predicted octanol–water partition coefficient (Wildman–Crippen LogP) is 3.28. The molecule has 0 saturated heterocycles. The van der Waals surface area contributed by atoms with Gasteiger partial charge in [0.1, 0.15) is 12.1 Å². The first-order chi connectivity index (χ1) is 10.1. The summed E-state index contributed by atoms with van der Waals surface area (Å²) in [5.74, 6) is -0.141. The minimum atomic E-state index is -1.01. The molecule has 21 heavy (non-hydrogen) atoms. The topological polar surface area (TPSA) is 85.2 Å².